The van der Waals surface area contributed by atoms with Crippen LogP contribution in [0.4, 0.5) is 5.69 Å². The summed E-state index contributed by atoms with van der Waals surface area (Å²) in [6.07, 6.45) is -1.12. The standard InChI is InChI=1S/C19H14N2O5/c1-2-26-17-18(24)21(19(17)25)20-13-9-5-8-12-14(13)16(23)11-7-4-3-6-10(11)15(12)22/h3-9,17,20H,2H2,1H3. The Kier molecular flexibility index (Phi) is 3.66. The van der Waals surface area contributed by atoms with Crippen molar-refractivity contribution >= 4 is 29.1 Å². The van der Waals surface area contributed by atoms with Crippen LogP contribution in [-0.4, -0.2) is 41.1 Å². The average molecular weight is 350 g/mol. The Balaban J connectivity index is 1.71. The van der Waals surface area contributed by atoms with Crippen LogP contribution in [-0.2, 0) is 14.3 Å². The number of hydrogen-bond acceptors (Lipinski definition) is 6. The van der Waals surface area contributed by atoms with Gasteiger partial charge in [-0.25, -0.2) is 0 Å². The zero-order valence-corrected chi connectivity index (χ0v) is 13.8. The Labute approximate surface area is 148 Å². The maximum Gasteiger partial charge on any atom is 0.287 e. The number of ketones is 2. The first-order valence-electron chi connectivity index (χ1n) is 8.12. The van der Waals surface area contributed by atoms with Gasteiger partial charge in [0.05, 0.1) is 11.3 Å². The summed E-state index contributed by atoms with van der Waals surface area (Å²) in [6, 6.07) is 11.3. The third-order valence-electron chi connectivity index (χ3n) is 4.41. The third kappa shape index (κ3) is 2.18. The number of nitrogens with zero attached hydrogens (tertiary/aromatic N) is 1. The van der Waals surface area contributed by atoms with Crippen molar-refractivity contribution in [2.24, 2.45) is 0 Å². The summed E-state index contributed by atoms with van der Waals surface area (Å²) in [7, 11) is 0. The van der Waals surface area contributed by atoms with Crippen LogP contribution < -0.4 is 5.43 Å². The van der Waals surface area contributed by atoms with E-state index in [9.17, 15) is 19.2 Å². The molecule has 1 aliphatic carbocycles. The highest BCUT2D eigenvalue weighted by Gasteiger charge is 2.48. The van der Waals surface area contributed by atoms with Gasteiger partial charge in [-0.15, -0.1) is 0 Å². The van der Waals surface area contributed by atoms with Gasteiger partial charge < -0.3 is 4.74 Å². The quantitative estimate of drug-likeness (QED) is 0.567. The van der Waals surface area contributed by atoms with Crippen molar-refractivity contribution in [3.8, 4) is 0 Å². The van der Waals surface area contributed by atoms with E-state index in [-0.39, 0.29) is 35.0 Å². The molecule has 0 aromatic heterocycles. The van der Waals surface area contributed by atoms with Crippen LogP contribution in [0.5, 0.6) is 0 Å². The highest BCUT2D eigenvalue weighted by atomic mass is 16.5. The van der Waals surface area contributed by atoms with Crippen LogP contribution in [0.1, 0.15) is 38.8 Å². The first-order chi connectivity index (χ1) is 12.5. The van der Waals surface area contributed by atoms with Crippen LogP contribution in [0.25, 0.3) is 0 Å². The smallest absolute Gasteiger partial charge is 0.287 e. The predicted octanol–water partition coefficient (Wildman–Crippen LogP) is 1.56. The van der Waals surface area contributed by atoms with Gasteiger partial charge in [0.2, 0.25) is 6.10 Å². The van der Waals surface area contributed by atoms with E-state index in [1.54, 1.807) is 49.4 Å². The molecule has 1 fully saturated rings. The van der Waals surface area contributed by atoms with Gasteiger partial charge in [0.1, 0.15) is 0 Å². The summed E-state index contributed by atoms with van der Waals surface area (Å²) in [4.78, 5) is 49.7. The summed E-state index contributed by atoms with van der Waals surface area (Å²) < 4.78 is 5.07. The molecule has 7 nitrogen and oxygen atoms in total. The van der Waals surface area contributed by atoms with E-state index in [0.29, 0.717) is 11.1 Å². The fraction of sp³-hybridized carbons (Fsp3) is 0.158. The molecular formula is C19H14N2O5. The van der Waals surface area contributed by atoms with E-state index in [4.69, 9.17) is 4.74 Å². The molecule has 1 heterocycles. The summed E-state index contributed by atoms with van der Waals surface area (Å²) in [6.45, 7) is 1.92. The third-order valence-corrected chi connectivity index (χ3v) is 4.41. The molecule has 0 spiro atoms. The maximum atomic E-state index is 12.9. The Hall–Kier alpha value is -3.32. The number of β-lactam (4-membered cyclic amide) rings is 2. The molecule has 2 amide bonds. The molecule has 0 atom stereocenters. The maximum absolute atomic E-state index is 12.9. The largest absolute Gasteiger partial charge is 0.359 e. The molecule has 2 aromatic carbocycles. The van der Waals surface area contributed by atoms with E-state index >= 15 is 0 Å². The summed E-state index contributed by atoms with van der Waals surface area (Å²) in [5, 5.41) is 0.800. The fourth-order valence-corrected chi connectivity index (χ4v) is 3.16. The number of carbonyl (C=O) groups is 4. The SMILES string of the molecule is CCOC1C(=O)N(Nc2cccc3c2C(=O)c2ccccc2C3=O)C1=O. The number of carbonyl (C=O) groups excluding carboxylic acids is 4. The van der Waals surface area contributed by atoms with Gasteiger partial charge in [0.15, 0.2) is 11.6 Å². The molecule has 2 aromatic rings. The van der Waals surface area contributed by atoms with Gasteiger partial charge in [-0.1, -0.05) is 36.4 Å². The van der Waals surface area contributed by atoms with Gasteiger partial charge in [-0.3, -0.25) is 24.6 Å². The second-order valence-electron chi connectivity index (χ2n) is 5.89. The van der Waals surface area contributed by atoms with Gasteiger partial charge in [-0.2, -0.15) is 5.01 Å². The highest BCUT2D eigenvalue weighted by Crippen LogP contribution is 2.32. The number of imide groups is 1. The lowest BCUT2D eigenvalue weighted by molar-refractivity contribution is -0.175. The van der Waals surface area contributed by atoms with Crippen molar-refractivity contribution in [1.29, 1.82) is 0 Å². The number of amides is 2. The number of hydrogen-bond donors (Lipinski definition) is 1. The minimum atomic E-state index is -1.12. The lowest BCUT2D eigenvalue weighted by Crippen LogP contribution is -2.64. The number of fused-ring (bicyclic) bond motifs is 2. The van der Waals surface area contributed by atoms with Crippen LogP contribution in [0.2, 0.25) is 0 Å². The van der Waals surface area contributed by atoms with Crippen molar-refractivity contribution in [3.05, 3.63) is 64.7 Å². The average Bonchev–Trinajstić information content (AvgIpc) is 2.68. The molecule has 0 bridgehead atoms. The zero-order valence-electron chi connectivity index (χ0n) is 13.8. The predicted molar refractivity (Wildman–Crippen MR) is 90.6 cm³/mol. The number of anilines is 1. The fourth-order valence-electron chi connectivity index (χ4n) is 3.16. The number of rotatable bonds is 4. The number of ether oxygens (including phenoxy) is 1. The van der Waals surface area contributed by atoms with Gasteiger partial charge in [-0.05, 0) is 13.0 Å². The lowest BCUT2D eigenvalue weighted by Gasteiger charge is -2.36. The Morgan fingerprint density at radius 3 is 2.15 bits per heavy atom. The first-order valence-corrected chi connectivity index (χ1v) is 8.12. The van der Waals surface area contributed by atoms with Crippen molar-refractivity contribution < 1.29 is 23.9 Å². The second kappa shape index (κ2) is 5.89. The summed E-state index contributed by atoms with van der Waals surface area (Å²) in [5.41, 5.74) is 3.91. The monoisotopic (exact) mass is 350 g/mol. The molecule has 1 saturated heterocycles. The Bertz CT molecular complexity index is 966. The molecule has 1 N–H and O–H groups in total. The van der Waals surface area contributed by atoms with Crippen molar-refractivity contribution in [1.82, 2.24) is 5.01 Å². The van der Waals surface area contributed by atoms with Crippen molar-refractivity contribution in [2.75, 3.05) is 12.0 Å². The molecule has 26 heavy (non-hydrogen) atoms. The van der Waals surface area contributed by atoms with Crippen molar-refractivity contribution in [3.63, 3.8) is 0 Å². The topological polar surface area (TPSA) is 92.8 Å². The van der Waals surface area contributed by atoms with E-state index in [1.165, 1.54) is 0 Å². The summed E-state index contributed by atoms with van der Waals surface area (Å²) >= 11 is 0. The minimum Gasteiger partial charge on any atom is -0.359 e. The molecule has 0 unspecified atom stereocenters. The van der Waals surface area contributed by atoms with Crippen LogP contribution in [0.15, 0.2) is 42.5 Å². The van der Waals surface area contributed by atoms with E-state index < -0.39 is 17.9 Å². The Morgan fingerprint density at radius 1 is 0.885 bits per heavy atom. The van der Waals surface area contributed by atoms with Crippen LogP contribution in [0.3, 0.4) is 0 Å². The van der Waals surface area contributed by atoms with E-state index in [0.717, 1.165) is 5.01 Å². The number of benzene rings is 2. The first kappa shape index (κ1) is 16.2. The minimum absolute atomic E-state index is 0.150. The molecule has 1 aliphatic heterocycles. The van der Waals surface area contributed by atoms with Crippen LogP contribution >= 0.6 is 0 Å². The van der Waals surface area contributed by atoms with Gasteiger partial charge >= 0.3 is 0 Å². The second-order valence-corrected chi connectivity index (χ2v) is 5.89. The molecule has 7 heteroatoms. The Morgan fingerprint density at radius 2 is 1.50 bits per heavy atom. The van der Waals surface area contributed by atoms with Crippen molar-refractivity contribution in [2.45, 2.75) is 13.0 Å². The molecular weight excluding hydrogens is 336 g/mol. The zero-order chi connectivity index (χ0) is 18.4. The molecule has 0 saturated carbocycles. The molecule has 2 aliphatic rings. The van der Waals surface area contributed by atoms with E-state index in [1.807, 2.05) is 0 Å². The number of nitrogens with one attached hydrogen (secondary N) is 1. The van der Waals surface area contributed by atoms with E-state index in [2.05, 4.69) is 5.43 Å². The molecule has 0 radical (unpaired) electrons. The van der Waals surface area contributed by atoms with Gasteiger partial charge in [0.25, 0.3) is 11.8 Å². The number of hydrazine groups is 1. The lowest BCUT2D eigenvalue weighted by atomic mass is 9.83. The normalized spacial score (nSPS) is 16.3. The molecule has 4 rings (SSSR count). The van der Waals surface area contributed by atoms with Gasteiger partial charge in [0, 0.05) is 23.3 Å². The van der Waals surface area contributed by atoms with Crippen LogP contribution in [0, 0.1) is 0 Å². The highest BCUT2D eigenvalue weighted by molar-refractivity contribution is 6.30. The summed E-state index contributed by atoms with van der Waals surface area (Å²) in [5.74, 6) is -1.68. The molecule has 130 valence electrons.